The van der Waals surface area contributed by atoms with Gasteiger partial charge in [0.15, 0.2) is 6.10 Å². The number of esters is 3. The van der Waals surface area contributed by atoms with Crippen molar-refractivity contribution in [2.45, 2.75) is 108 Å². The Kier molecular flexibility index (Phi) is 17.2. The highest BCUT2D eigenvalue weighted by Gasteiger charge is 2.39. The van der Waals surface area contributed by atoms with Crippen LogP contribution >= 0.6 is 24.2 Å². The first-order chi connectivity index (χ1) is 22.6. The molecule has 15 heteroatoms. The number of thioether (sulfide) groups is 1. The van der Waals surface area contributed by atoms with E-state index in [4.69, 9.17) is 14.2 Å². The summed E-state index contributed by atoms with van der Waals surface area (Å²) in [7, 11) is 2.82. The molecule has 4 atom stereocenters. The predicted octanol–water partition coefficient (Wildman–Crippen LogP) is 6.84. The molecule has 280 valence electrons. The third-order valence-corrected chi connectivity index (χ3v) is 7.92. The standard InChI is InChI=1S/C35H46F4N2O7S.ClH/c1-22(47-30(43)26(40-7)19-33(2,3)4)29(42)41(8)27(20-34(5,6)36)31(44)48-28(32(45)46-21-24-12-10-9-11-13-24)18-23-14-16-25(17-15-23)49-35(37,38)39;/h9-17,22,26-28,40H,18-21H2,1-8H3;1H/t22-,26+,27?,28+;/m1./s1. The van der Waals surface area contributed by atoms with E-state index < -0.39 is 65.7 Å². The van der Waals surface area contributed by atoms with Crippen LogP contribution < -0.4 is 5.32 Å². The molecule has 0 radical (unpaired) electrons. The Balaban J connectivity index is 0.0000125. The van der Waals surface area contributed by atoms with E-state index in [1.807, 2.05) is 20.8 Å². The van der Waals surface area contributed by atoms with E-state index in [0.29, 0.717) is 17.5 Å². The van der Waals surface area contributed by atoms with Gasteiger partial charge < -0.3 is 24.4 Å². The van der Waals surface area contributed by atoms with Gasteiger partial charge in [-0.2, -0.15) is 13.2 Å². The van der Waals surface area contributed by atoms with Crippen molar-refractivity contribution in [1.82, 2.24) is 10.2 Å². The monoisotopic (exact) mass is 750 g/mol. The van der Waals surface area contributed by atoms with Crippen LogP contribution in [0.4, 0.5) is 17.6 Å². The number of nitrogens with one attached hydrogen (secondary N) is 1. The van der Waals surface area contributed by atoms with E-state index in [1.54, 1.807) is 37.4 Å². The maximum Gasteiger partial charge on any atom is 0.446 e. The molecule has 0 bridgehead atoms. The lowest BCUT2D eigenvalue weighted by atomic mass is 9.88. The summed E-state index contributed by atoms with van der Waals surface area (Å²) in [6.45, 7) is 9.38. The van der Waals surface area contributed by atoms with Gasteiger partial charge in [0, 0.05) is 24.8 Å². The van der Waals surface area contributed by atoms with E-state index in [0.717, 1.165) is 4.90 Å². The fourth-order valence-corrected chi connectivity index (χ4v) is 5.30. The van der Waals surface area contributed by atoms with Crippen LogP contribution in [0.15, 0.2) is 59.5 Å². The number of benzene rings is 2. The van der Waals surface area contributed by atoms with E-state index in [2.05, 4.69) is 5.32 Å². The van der Waals surface area contributed by atoms with Gasteiger partial charge in [-0.25, -0.2) is 14.0 Å². The first kappa shape index (κ1) is 44.7. The highest BCUT2D eigenvalue weighted by atomic mass is 35.5. The molecule has 0 aliphatic carbocycles. The Morgan fingerprint density at radius 1 is 0.820 bits per heavy atom. The number of hydrogen-bond acceptors (Lipinski definition) is 9. The minimum absolute atomic E-state index is 0. The lowest BCUT2D eigenvalue weighted by Crippen LogP contribution is -2.51. The number of halogens is 5. The summed E-state index contributed by atoms with van der Waals surface area (Å²) in [5, 5.41) is 2.87. The van der Waals surface area contributed by atoms with E-state index in [1.165, 1.54) is 52.1 Å². The molecule has 1 amide bonds. The van der Waals surface area contributed by atoms with Crippen molar-refractivity contribution in [2.75, 3.05) is 14.1 Å². The molecule has 0 aromatic heterocycles. The highest BCUT2D eigenvalue weighted by Crippen LogP contribution is 2.37. The Morgan fingerprint density at radius 3 is 1.90 bits per heavy atom. The molecule has 50 heavy (non-hydrogen) atoms. The number of carbonyl (C=O) groups excluding carboxylic acids is 4. The molecule has 0 aliphatic rings. The lowest BCUT2D eigenvalue weighted by Gasteiger charge is -2.32. The molecule has 0 aliphatic heterocycles. The molecule has 0 saturated carbocycles. The van der Waals surface area contributed by atoms with Crippen molar-refractivity contribution in [1.29, 1.82) is 0 Å². The zero-order valence-electron chi connectivity index (χ0n) is 29.5. The quantitative estimate of drug-likeness (QED) is 0.0854. The minimum atomic E-state index is -4.50. The van der Waals surface area contributed by atoms with Crippen molar-refractivity contribution in [2.24, 2.45) is 5.41 Å². The lowest BCUT2D eigenvalue weighted by molar-refractivity contribution is -0.175. The Morgan fingerprint density at radius 2 is 1.40 bits per heavy atom. The van der Waals surface area contributed by atoms with Crippen LogP contribution in [0, 0.1) is 5.41 Å². The first-order valence-corrected chi connectivity index (χ1v) is 16.5. The smallest absolute Gasteiger partial charge is 0.446 e. The molecule has 0 fully saturated rings. The highest BCUT2D eigenvalue weighted by molar-refractivity contribution is 8.00. The third-order valence-electron chi connectivity index (χ3n) is 7.18. The average molecular weight is 751 g/mol. The van der Waals surface area contributed by atoms with E-state index in [9.17, 15) is 32.3 Å². The second-order valence-electron chi connectivity index (χ2n) is 13.5. The molecule has 0 spiro atoms. The van der Waals surface area contributed by atoms with Crippen LogP contribution in [0.1, 0.15) is 65.5 Å². The molecular weight excluding hydrogens is 704 g/mol. The number of likely N-dealkylation sites (N-methyl/N-ethyl adjacent to an activating group) is 2. The van der Waals surface area contributed by atoms with E-state index >= 15 is 4.39 Å². The SMILES string of the molecule is CN[C@@H](CC(C)(C)C)C(=O)O[C@H](C)C(=O)N(C)C(CC(C)(C)F)C(=O)O[C@@H](Cc1ccc(SC(F)(F)F)cc1)C(=O)OCc1ccccc1.Cl. The largest absolute Gasteiger partial charge is 0.458 e. The summed E-state index contributed by atoms with van der Waals surface area (Å²) in [6, 6.07) is 11.5. The first-order valence-electron chi connectivity index (χ1n) is 15.7. The molecule has 2 aromatic rings. The molecule has 1 unspecified atom stereocenters. The molecule has 0 saturated heterocycles. The molecule has 1 N–H and O–H groups in total. The van der Waals surface area contributed by atoms with Crippen molar-refractivity contribution in [3.8, 4) is 0 Å². The Bertz CT molecular complexity index is 1400. The van der Waals surface area contributed by atoms with Gasteiger partial charge in [-0.3, -0.25) is 9.59 Å². The van der Waals surface area contributed by atoms with Crippen LogP contribution in [0.3, 0.4) is 0 Å². The summed E-state index contributed by atoms with van der Waals surface area (Å²) >= 11 is -0.308. The number of nitrogens with zero attached hydrogens (tertiary/aromatic N) is 1. The van der Waals surface area contributed by atoms with Crippen molar-refractivity contribution < 1.29 is 51.0 Å². The number of ether oxygens (including phenoxy) is 3. The van der Waals surface area contributed by atoms with Gasteiger partial charge in [-0.15, -0.1) is 12.4 Å². The van der Waals surface area contributed by atoms with Gasteiger partial charge in [0.25, 0.3) is 5.91 Å². The van der Waals surface area contributed by atoms with Gasteiger partial charge >= 0.3 is 23.4 Å². The van der Waals surface area contributed by atoms with Gasteiger partial charge in [0.05, 0.1) is 0 Å². The minimum Gasteiger partial charge on any atom is -0.458 e. The van der Waals surface area contributed by atoms with Crippen molar-refractivity contribution in [3.63, 3.8) is 0 Å². The fourth-order valence-electron chi connectivity index (χ4n) is 4.76. The summed E-state index contributed by atoms with van der Waals surface area (Å²) in [4.78, 5) is 54.1. The van der Waals surface area contributed by atoms with Gasteiger partial charge in [0.1, 0.15) is 24.4 Å². The van der Waals surface area contributed by atoms with E-state index in [-0.39, 0.29) is 47.5 Å². The summed E-state index contributed by atoms with van der Waals surface area (Å²) in [5.41, 5.74) is -5.73. The zero-order valence-corrected chi connectivity index (χ0v) is 31.1. The molecular formula is C35H47ClF4N2O7S. The molecule has 0 heterocycles. The fraction of sp³-hybridized carbons (Fsp3) is 0.543. The Labute approximate surface area is 301 Å². The average Bonchev–Trinajstić information content (AvgIpc) is 2.99. The molecule has 9 nitrogen and oxygen atoms in total. The van der Waals surface area contributed by atoms with Crippen LogP contribution in [-0.2, 0) is 46.4 Å². The van der Waals surface area contributed by atoms with Crippen LogP contribution in [-0.4, -0.2) is 78.3 Å². The number of rotatable bonds is 16. The van der Waals surface area contributed by atoms with Crippen LogP contribution in [0.5, 0.6) is 0 Å². The molecule has 2 rings (SSSR count). The third kappa shape index (κ3) is 16.1. The normalized spacial score (nSPS) is 14.3. The topological polar surface area (TPSA) is 111 Å². The maximum atomic E-state index is 15.0. The summed E-state index contributed by atoms with van der Waals surface area (Å²) in [5.74, 6) is -3.59. The van der Waals surface area contributed by atoms with Crippen molar-refractivity contribution >= 4 is 48.0 Å². The van der Waals surface area contributed by atoms with Gasteiger partial charge in [-0.1, -0.05) is 63.2 Å². The number of hydrogen-bond donors (Lipinski definition) is 1. The zero-order chi connectivity index (χ0) is 37.2. The van der Waals surface area contributed by atoms with Crippen molar-refractivity contribution in [3.05, 3.63) is 65.7 Å². The maximum absolute atomic E-state index is 15.0. The predicted molar refractivity (Wildman–Crippen MR) is 184 cm³/mol. The van der Waals surface area contributed by atoms with Gasteiger partial charge in [0.2, 0.25) is 6.10 Å². The van der Waals surface area contributed by atoms with Crippen LogP contribution in [0.2, 0.25) is 0 Å². The van der Waals surface area contributed by atoms with Gasteiger partial charge in [-0.05, 0) is 74.7 Å². The summed E-state index contributed by atoms with van der Waals surface area (Å²) < 4.78 is 69.9. The summed E-state index contributed by atoms with van der Waals surface area (Å²) in [6.07, 6.45) is -3.36. The second-order valence-corrected chi connectivity index (χ2v) is 14.6. The molecule has 2 aromatic carbocycles. The van der Waals surface area contributed by atoms with Crippen LogP contribution in [0.25, 0.3) is 0 Å². The number of alkyl halides is 4. The Hall–Kier alpha value is -3.36. The second kappa shape index (κ2) is 19.3. The number of amides is 1. The number of carbonyl (C=O) groups is 4.